The Balaban J connectivity index is 2.20. The van der Waals surface area contributed by atoms with Crippen LogP contribution in [-0.2, 0) is 0 Å². The minimum absolute atomic E-state index is 0.0123. The number of rotatable bonds is 5. The van der Waals surface area contributed by atoms with Crippen molar-refractivity contribution >= 4 is 11.5 Å². The lowest BCUT2D eigenvalue weighted by molar-refractivity contribution is 0.0998. The zero-order valence-corrected chi connectivity index (χ0v) is 11.6. The molecule has 110 valence electrons. The second-order valence-corrected chi connectivity index (χ2v) is 4.59. The second kappa shape index (κ2) is 6.26. The van der Waals surface area contributed by atoms with E-state index in [0.717, 1.165) is 0 Å². The zero-order chi connectivity index (χ0) is 15.4. The summed E-state index contributed by atoms with van der Waals surface area (Å²) in [4.78, 5) is 13.8. The van der Waals surface area contributed by atoms with Gasteiger partial charge in [0.1, 0.15) is 5.82 Å². The SMILES string of the molecule is CCN(CC(=O)c1ccc(O)c(O)c1)c1ccccc1F. The van der Waals surface area contributed by atoms with Crippen LogP contribution in [0.4, 0.5) is 10.1 Å². The van der Waals surface area contributed by atoms with Gasteiger partial charge in [0.2, 0.25) is 0 Å². The summed E-state index contributed by atoms with van der Waals surface area (Å²) in [5, 5.41) is 18.7. The van der Waals surface area contributed by atoms with Crippen LogP contribution < -0.4 is 4.90 Å². The summed E-state index contributed by atoms with van der Waals surface area (Å²) in [6.07, 6.45) is 0. The number of nitrogens with zero attached hydrogens (tertiary/aromatic N) is 1. The molecule has 2 N–H and O–H groups in total. The summed E-state index contributed by atoms with van der Waals surface area (Å²) in [7, 11) is 0. The van der Waals surface area contributed by atoms with E-state index in [1.54, 1.807) is 23.1 Å². The molecule has 21 heavy (non-hydrogen) atoms. The van der Waals surface area contributed by atoms with Crippen molar-refractivity contribution in [3.63, 3.8) is 0 Å². The van der Waals surface area contributed by atoms with Gasteiger partial charge in [-0.15, -0.1) is 0 Å². The summed E-state index contributed by atoms with van der Waals surface area (Å²) in [6.45, 7) is 2.28. The Kier molecular flexibility index (Phi) is 4.42. The van der Waals surface area contributed by atoms with E-state index in [1.165, 1.54) is 24.3 Å². The van der Waals surface area contributed by atoms with E-state index in [9.17, 15) is 19.4 Å². The quantitative estimate of drug-likeness (QED) is 0.656. The summed E-state index contributed by atoms with van der Waals surface area (Å²) in [6, 6.07) is 10.1. The molecule has 0 spiro atoms. The monoisotopic (exact) mass is 289 g/mol. The normalized spacial score (nSPS) is 10.4. The van der Waals surface area contributed by atoms with Crippen molar-refractivity contribution < 1.29 is 19.4 Å². The number of ketones is 1. The minimum Gasteiger partial charge on any atom is -0.504 e. The number of hydrogen-bond acceptors (Lipinski definition) is 4. The van der Waals surface area contributed by atoms with Crippen LogP contribution in [0, 0.1) is 5.82 Å². The number of halogens is 1. The molecular formula is C16H16FNO3. The molecule has 0 aliphatic carbocycles. The molecule has 2 aromatic carbocycles. The van der Waals surface area contributed by atoms with E-state index >= 15 is 0 Å². The first kappa shape index (κ1) is 14.8. The van der Waals surface area contributed by atoms with E-state index in [1.807, 2.05) is 6.92 Å². The second-order valence-electron chi connectivity index (χ2n) is 4.59. The highest BCUT2D eigenvalue weighted by atomic mass is 19.1. The number of anilines is 1. The number of carbonyl (C=O) groups is 1. The van der Waals surface area contributed by atoms with Crippen LogP contribution in [-0.4, -0.2) is 29.1 Å². The van der Waals surface area contributed by atoms with Crippen molar-refractivity contribution in [2.45, 2.75) is 6.92 Å². The van der Waals surface area contributed by atoms with E-state index in [-0.39, 0.29) is 35.2 Å². The third kappa shape index (κ3) is 3.31. The first-order chi connectivity index (χ1) is 10.0. The van der Waals surface area contributed by atoms with Gasteiger partial charge in [-0.25, -0.2) is 4.39 Å². The zero-order valence-electron chi connectivity index (χ0n) is 11.6. The number of carbonyl (C=O) groups excluding carboxylic acids is 1. The lowest BCUT2D eigenvalue weighted by Crippen LogP contribution is -2.30. The third-order valence-corrected chi connectivity index (χ3v) is 3.21. The molecule has 0 unspecified atom stereocenters. The van der Waals surface area contributed by atoms with Crippen LogP contribution in [0.25, 0.3) is 0 Å². The Bertz CT molecular complexity index is 658. The number of phenols is 2. The molecule has 0 aliphatic heterocycles. The number of likely N-dealkylation sites (N-methyl/N-ethyl adjacent to an activating group) is 1. The Morgan fingerprint density at radius 2 is 1.86 bits per heavy atom. The van der Waals surface area contributed by atoms with Gasteiger partial charge in [0.25, 0.3) is 0 Å². The Labute approximate surface area is 122 Å². The molecule has 0 heterocycles. The number of benzene rings is 2. The summed E-state index contributed by atoms with van der Waals surface area (Å²) in [5.74, 6) is -1.29. The van der Waals surface area contributed by atoms with Gasteiger partial charge in [-0.05, 0) is 37.3 Å². The third-order valence-electron chi connectivity index (χ3n) is 3.21. The van der Waals surface area contributed by atoms with E-state index in [2.05, 4.69) is 0 Å². The van der Waals surface area contributed by atoms with Crippen molar-refractivity contribution in [1.29, 1.82) is 0 Å². The van der Waals surface area contributed by atoms with Crippen LogP contribution in [0.5, 0.6) is 11.5 Å². The van der Waals surface area contributed by atoms with Crippen molar-refractivity contribution in [2.75, 3.05) is 18.0 Å². The van der Waals surface area contributed by atoms with Gasteiger partial charge in [-0.2, -0.15) is 0 Å². The van der Waals surface area contributed by atoms with Gasteiger partial charge >= 0.3 is 0 Å². The van der Waals surface area contributed by atoms with Gasteiger partial charge in [-0.3, -0.25) is 4.79 Å². The molecule has 0 amide bonds. The highest BCUT2D eigenvalue weighted by molar-refractivity contribution is 5.99. The predicted molar refractivity (Wildman–Crippen MR) is 78.4 cm³/mol. The summed E-state index contributed by atoms with van der Waals surface area (Å²) in [5.41, 5.74) is 0.622. The molecule has 0 fully saturated rings. The highest BCUT2D eigenvalue weighted by Gasteiger charge is 2.15. The fourth-order valence-corrected chi connectivity index (χ4v) is 2.04. The topological polar surface area (TPSA) is 60.8 Å². The highest BCUT2D eigenvalue weighted by Crippen LogP contribution is 2.25. The van der Waals surface area contributed by atoms with Crippen molar-refractivity contribution in [2.24, 2.45) is 0 Å². The van der Waals surface area contributed by atoms with Crippen molar-refractivity contribution in [3.05, 3.63) is 53.8 Å². The van der Waals surface area contributed by atoms with E-state index in [0.29, 0.717) is 12.2 Å². The lowest BCUT2D eigenvalue weighted by atomic mass is 10.1. The number of hydrogen-bond donors (Lipinski definition) is 2. The molecule has 4 nitrogen and oxygen atoms in total. The van der Waals surface area contributed by atoms with Crippen LogP contribution in [0.2, 0.25) is 0 Å². The number of phenolic OH excluding ortho intramolecular Hbond substituents is 2. The summed E-state index contributed by atoms with van der Waals surface area (Å²) < 4.78 is 13.8. The van der Waals surface area contributed by atoms with Crippen LogP contribution in [0.1, 0.15) is 17.3 Å². The molecule has 0 radical (unpaired) electrons. The van der Waals surface area contributed by atoms with Crippen molar-refractivity contribution in [1.82, 2.24) is 0 Å². The Morgan fingerprint density at radius 3 is 2.48 bits per heavy atom. The van der Waals surface area contributed by atoms with Crippen LogP contribution in [0.3, 0.4) is 0 Å². The molecule has 5 heteroatoms. The molecule has 0 saturated carbocycles. The Hall–Kier alpha value is -2.56. The van der Waals surface area contributed by atoms with Gasteiger partial charge < -0.3 is 15.1 Å². The Morgan fingerprint density at radius 1 is 1.14 bits per heavy atom. The van der Waals surface area contributed by atoms with Crippen LogP contribution in [0.15, 0.2) is 42.5 Å². The molecule has 0 bridgehead atoms. The fraction of sp³-hybridized carbons (Fsp3) is 0.188. The van der Waals surface area contributed by atoms with Gasteiger partial charge in [-0.1, -0.05) is 12.1 Å². The average Bonchev–Trinajstić information content (AvgIpc) is 2.48. The van der Waals surface area contributed by atoms with Gasteiger partial charge in [0, 0.05) is 12.1 Å². The number of Topliss-reactive ketones (excluding diaryl/α,β-unsaturated/α-hetero) is 1. The van der Waals surface area contributed by atoms with Gasteiger partial charge in [0.15, 0.2) is 17.3 Å². The molecule has 2 aromatic rings. The molecule has 0 atom stereocenters. The average molecular weight is 289 g/mol. The summed E-state index contributed by atoms with van der Waals surface area (Å²) >= 11 is 0. The first-order valence-corrected chi connectivity index (χ1v) is 6.57. The largest absolute Gasteiger partial charge is 0.504 e. The predicted octanol–water partition coefficient (Wildman–Crippen LogP) is 2.95. The first-order valence-electron chi connectivity index (χ1n) is 6.57. The molecular weight excluding hydrogens is 273 g/mol. The molecule has 0 saturated heterocycles. The molecule has 0 aromatic heterocycles. The van der Waals surface area contributed by atoms with Crippen LogP contribution >= 0.6 is 0 Å². The number of para-hydroxylation sites is 1. The maximum absolute atomic E-state index is 13.8. The van der Waals surface area contributed by atoms with Gasteiger partial charge in [0.05, 0.1) is 12.2 Å². The molecule has 0 aliphatic rings. The maximum atomic E-state index is 13.8. The maximum Gasteiger partial charge on any atom is 0.182 e. The van der Waals surface area contributed by atoms with Crippen molar-refractivity contribution in [3.8, 4) is 11.5 Å². The van der Waals surface area contributed by atoms with E-state index < -0.39 is 0 Å². The molecule has 2 rings (SSSR count). The smallest absolute Gasteiger partial charge is 0.182 e. The van der Waals surface area contributed by atoms with E-state index in [4.69, 9.17) is 0 Å². The fourth-order valence-electron chi connectivity index (χ4n) is 2.04. The number of aromatic hydroxyl groups is 2. The lowest BCUT2D eigenvalue weighted by Gasteiger charge is -2.22. The minimum atomic E-state index is -0.388. The standard InChI is InChI=1S/C16H16FNO3/c1-2-18(13-6-4-3-5-12(13)17)10-16(21)11-7-8-14(19)15(20)9-11/h3-9,19-20H,2,10H2,1H3.